The van der Waals surface area contributed by atoms with Crippen molar-refractivity contribution in [3.8, 4) is 6.07 Å². The van der Waals surface area contributed by atoms with E-state index < -0.39 is 15.2 Å². The van der Waals surface area contributed by atoms with Gasteiger partial charge in [0.2, 0.25) is 0 Å². The predicted octanol–water partition coefficient (Wildman–Crippen LogP) is 0.243. The molecule has 1 heterocycles. The van der Waals surface area contributed by atoms with Gasteiger partial charge in [0.15, 0.2) is 15.2 Å². The van der Waals surface area contributed by atoms with Crippen LogP contribution in [-0.2, 0) is 9.84 Å². The first-order valence-corrected chi connectivity index (χ1v) is 5.81. The lowest BCUT2D eigenvalue weighted by Gasteiger charge is -2.32. The Morgan fingerprint density at radius 3 is 2.62 bits per heavy atom. The maximum Gasteiger partial charge on any atom is 0.177 e. The molecule has 1 unspecified atom stereocenters. The summed E-state index contributed by atoms with van der Waals surface area (Å²) in [5.41, 5.74) is 0. The van der Waals surface area contributed by atoms with E-state index in [1.54, 1.807) is 17.2 Å². The first-order valence-electron chi connectivity index (χ1n) is 4.20. The summed E-state index contributed by atoms with van der Waals surface area (Å²) in [5.74, 6) is 0. The van der Waals surface area contributed by atoms with Crippen LogP contribution in [0.25, 0.3) is 0 Å². The fraction of sp³-hybridized carbons (Fsp3) is 0.625. The van der Waals surface area contributed by atoms with E-state index in [1.807, 2.05) is 6.07 Å². The topological polar surface area (TPSA) is 61.2 Å². The molecular formula is C8H10N2O2S. The fourth-order valence-electron chi connectivity index (χ4n) is 1.39. The molecule has 0 aromatic rings. The molecule has 0 saturated heterocycles. The van der Waals surface area contributed by atoms with Crippen molar-refractivity contribution in [3.05, 3.63) is 12.3 Å². The lowest BCUT2D eigenvalue weighted by molar-refractivity contribution is 0.371. The van der Waals surface area contributed by atoms with Crippen LogP contribution in [0.3, 0.4) is 0 Å². The van der Waals surface area contributed by atoms with Gasteiger partial charge < -0.3 is 4.90 Å². The van der Waals surface area contributed by atoms with E-state index in [0.29, 0.717) is 0 Å². The van der Waals surface area contributed by atoms with Crippen LogP contribution in [0, 0.1) is 11.3 Å². The SMILES string of the molecule is N#CCN1C=CC1S(=O)(=O)C1CC1. The van der Waals surface area contributed by atoms with Crippen LogP contribution in [0.4, 0.5) is 0 Å². The normalized spacial score (nSPS) is 26.7. The molecule has 1 saturated carbocycles. The summed E-state index contributed by atoms with van der Waals surface area (Å²) >= 11 is 0. The summed E-state index contributed by atoms with van der Waals surface area (Å²) in [5, 5.41) is 7.74. The zero-order valence-electron chi connectivity index (χ0n) is 7.05. The summed E-state index contributed by atoms with van der Waals surface area (Å²) in [6, 6.07) is 1.94. The Balaban J connectivity index is 2.11. The van der Waals surface area contributed by atoms with Crippen LogP contribution >= 0.6 is 0 Å². The third-order valence-electron chi connectivity index (χ3n) is 2.35. The lowest BCUT2D eigenvalue weighted by Crippen LogP contribution is -2.44. The molecule has 0 aromatic carbocycles. The van der Waals surface area contributed by atoms with Crippen LogP contribution in [0.15, 0.2) is 12.3 Å². The standard InChI is InChI=1S/C8H10N2O2S/c9-4-6-10-5-3-8(10)13(11,12)7-1-2-7/h3,5,7-8H,1-2,6H2. The minimum Gasteiger partial charge on any atom is -0.345 e. The first-order chi connectivity index (χ1) is 6.16. The van der Waals surface area contributed by atoms with E-state index >= 15 is 0 Å². The Kier molecular flexibility index (Phi) is 1.81. The van der Waals surface area contributed by atoms with E-state index in [1.165, 1.54) is 0 Å². The minimum absolute atomic E-state index is 0.149. The van der Waals surface area contributed by atoms with Crippen molar-refractivity contribution in [1.82, 2.24) is 4.90 Å². The smallest absolute Gasteiger partial charge is 0.177 e. The second-order valence-corrected chi connectivity index (χ2v) is 5.68. The summed E-state index contributed by atoms with van der Waals surface area (Å²) in [6.07, 6.45) is 4.87. The molecule has 0 amide bonds. The van der Waals surface area contributed by atoms with Crippen molar-refractivity contribution in [1.29, 1.82) is 5.26 Å². The number of sulfone groups is 1. The molecule has 1 atom stereocenters. The van der Waals surface area contributed by atoms with Gasteiger partial charge in [0, 0.05) is 6.20 Å². The molecule has 0 N–H and O–H groups in total. The van der Waals surface area contributed by atoms with Crippen molar-refractivity contribution in [3.63, 3.8) is 0 Å². The maximum absolute atomic E-state index is 11.7. The molecule has 2 rings (SSSR count). The Bertz CT molecular complexity index is 375. The third-order valence-corrected chi connectivity index (χ3v) is 4.85. The predicted molar refractivity (Wildman–Crippen MR) is 47.2 cm³/mol. The molecule has 1 fully saturated rings. The van der Waals surface area contributed by atoms with Gasteiger partial charge in [0.1, 0.15) is 6.54 Å². The van der Waals surface area contributed by atoms with Gasteiger partial charge in [-0.05, 0) is 18.9 Å². The maximum atomic E-state index is 11.7. The lowest BCUT2D eigenvalue weighted by atomic mass is 10.3. The second-order valence-electron chi connectivity index (χ2n) is 3.35. The average molecular weight is 198 g/mol. The molecule has 0 aromatic heterocycles. The van der Waals surface area contributed by atoms with E-state index in [0.717, 1.165) is 12.8 Å². The van der Waals surface area contributed by atoms with Crippen LogP contribution in [0.5, 0.6) is 0 Å². The Morgan fingerprint density at radius 2 is 2.23 bits per heavy atom. The van der Waals surface area contributed by atoms with Crippen molar-refractivity contribution in [2.45, 2.75) is 23.5 Å². The summed E-state index contributed by atoms with van der Waals surface area (Å²) < 4.78 is 23.3. The van der Waals surface area contributed by atoms with Crippen LogP contribution in [-0.4, -0.2) is 30.5 Å². The van der Waals surface area contributed by atoms with Crippen LogP contribution < -0.4 is 0 Å². The van der Waals surface area contributed by atoms with E-state index in [4.69, 9.17) is 5.26 Å². The van der Waals surface area contributed by atoms with E-state index in [9.17, 15) is 8.42 Å². The van der Waals surface area contributed by atoms with Gasteiger partial charge in [-0.1, -0.05) is 0 Å². The monoisotopic (exact) mass is 198 g/mol. The summed E-state index contributed by atoms with van der Waals surface area (Å²) in [7, 11) is -3.01. The van der Waals surface area contributed by atoms with Gasteiger partial charge >= 0.3 is 0 Å². The zero-order chi connectivity index (χ0) is 9.47. The van der Waals surface area contributed by atoms with E-state index in [-0.39, 0.29) is 11.8 Å². The third kappa shape index (κ3) is 1.31. The molecule has 4 nitrogen and oxygen atoms in total. The number of rotatable bonds is 3. The van der Waals surface area contributed by atoms with Gasteiger partial charge in [-0.15, -0.1) is 0 Å². The van der Waals surface area contributed by atoms with Gasteiger partial charge in [0.25, 0.3) is 0 Å². The largest absolute Gasteiger partial charge is 0.345 e. The molecule has 2 aliphatic rings. The molecule has 70 valence electrons. The van der Waals surface area contributed by atoms with Gasteiger partial charge in [0.05, 0.1) is 11.3 Å². The number of nitriles is 1. The molecule has 0 bridgehead atoms. The molecule has 1 aliphatic carbocycles. The first kappa shape index (κ1) is 8.57. The van der Waals surface area contributed by atoms with Crippen molar-refractivity contribution in [2.24, 2.45) is 0 Å². The Hall–Kier alpha value is -1.02. The zero-order valence-corrected chi connectivity index (χ0v) is 7.87. The fourth-order valence-corrected chi connectivity index (χ4v) is 3.39. The molecule has 1 aliphatic heterocycles. The van der Waals surface area contributed by atoms with E-state index in [2.05, 4.69) is 0 Å². The van der Waals surface area contributed by atoms with Gasteiger partial charge in [-0.2, -0.15) is 5.26 Å². The highest BCUT2D eigenvalue weighted by Gasteiger charge is 2.44. The summed E-state index contributed by atoms with van der Waals surface area (Å²) in [6.45, 7) is 0.160. The second kappa shape index (κ2) is 2.74. The number of hydrogen-bond donors (Lipinski definition) is 0. The Labute approximate surface area is 77.4 Å². The quantitative estimate of drug-likeness (QED) is 0.609. The molecule has 5 heteroatoms. The van der Waals surface area contributed by atoms with Crippen molar-refractivity contribution >= 4 is 9.84 Å². The van der Waals surface area contributed by atoms with Crippen molar-refractivity contribution in [2.75, 3.05) is 6.54 Å². The molecular weight excluding hydrogens is 188 g/mol. The minimum atomic E-state index is -3.01. The average Bonchev–Trinajstić information content (AvgIpc) is 2.78. The number of hydrogen-bond acceptors (Lipinski definition) is 4. The molecule has 0 radical (unpaired) electrons. The highest BCUT2D eigenvalue weighted by Crippen LogP contribution is 2.35. The molecule has 13 heavy (non-hydrogen) atoms. The highest BCUT2D eigenvalue weighted by molar-refractivity contribution is 7.93. The van der Waals surface area contributed by atoms with Crippen molar-refractivity contribution < 1.29 is 8.42 Å². The van der Waals surface area contributed by atoms with Gasteiger partial charge in [-0.25, -0.2) is 8.42 Å². The number of nitrogens with zero attached hydrogens (tertiary/aromatic N) is 2. The molecule has 0 spiro atoms. The summed E-state index contributed by atoms with van der Waals surface area (Å²) in [4.78, 5) is 1.56. The van der Waals surface area contributed by atoms with Crippen LogP contribution in [0.2, 0.25) is 0 Å². The highest BCUT2D eigenvalue weighted by atomic mass is 32.2. The Morgan fingerprint density at radius 1 is 1.54 bits per heavy atom. The van der Waals surface area contributed by atoms with Gasteiger partial charge in [-0.3, -0.25) is 0 Å². The van der Waals surface area contributed by atoms with Crippen LogP contribution in [0.1, 0.15) is 12.8 Å².